The van der Waals surface area contributed by atoms with Gasteiger partial charge in [0, 0.05) is 33.5 Å². The predicted octanol–water partition coefficient (Wildman–Crippen LogP) is 2.79. The maximum absolute atomic E-state index is 4.15. The summed E-state index contributed by atoms with van der Waals surface area (Å²) in [5.74, 6) is 0.554. The fourth-order valence-electron chi connectivity index (χ4n) is 1.34. The molecule has 0 amide bonds. The molecule has 0 atom stereocenters. The molecule has 0 fully saturated rings. The average Bonchev–Trinajstić information content (AvgIpc) is 2.71. The van der Waals surface area contributed by atoms with Crippen LogP contribution in [0.2, 0.25) is 0 Å². The molecule has 3 heteroatoms. The summed E-state index contributed by atoms with van der Waals surface area (Å²) in [5, 5.41) is 4.15. The molecule has 0 saturated heterocycles. The fraction of sp³-hybridized carbons (Fsp3) is 0.250. The van der Waals surface area contributed by atoms with Gasteiger partial charge in [-0.05, 0) is 11.8 Å². The molecule has 0 radical (unpaired) electrons. The van der Waals surface area contributed by atoms with E-state index in [1.54, 1.807) is 6.20 Å². The number of benzene rings is 1. The second kappa shape index (κ2) is 5.27. The van der Waals surface area contributed by atoms with E-state index in [0.29, 0.717) is 5.92 Å². The van der Waals surface area contributed by atoms with Crippen molar-refractivity contribution in [3.8, 4) is 5.69 Å². The topological polar surface area (TPSA) is 17.8 Å². The molecule has 1 heterocycles. The third-order valence-electron chi connectivity index (χ3n) is 2.24. The Morgan fingerprint density at radius 2 is 2.13 bits per heavy atom. The molecule has 82 valence electrons. The van der Waals surface area contributed by atoms with Gasteiger partial charge >= 0.3 is 0 Å². The maximum atomic E-state index is 4.15. The summed E-state index contributed by atoms with van der Waals surface area (Å²) in [7, 11) is 0. The molecular weight excluding hydrogens is 367 g/mol. The Morgan fingerprint density at radius 1 is 1.33 bits per heavy atom. The van der Waals surface area contributed by atoms with Crippen molar-refractivity contribution in [1.29, 1.82) is 0 Å². The van der Waals surface area contributed by atoms with Crippen molar-refractivity contribution in [2.24, 2.45) is 0 Å². The van der Waals surface area contributed by atoms with Crippen LogP contribution in [0.4, 0.5) is 0 Å². The van der Waals surface area contributed by atoms with Gasteiger partial charge in [-0.3, -0.25) is 4.68 Å². The van der Waals surface area contributed by atoms with Crippen molar-refractivity contribution in [3.63, 3.8) is 0 Å². The van der Waals surface area contributed by atoms with E-state index in [0.717, 1.165) is 5.69 Å². The van der Waals surface area contributed by atoms with Gasteiger partial charge in [-0.15, -0.1) is 6.07 Å². The number of nitrogens with zero attached hydrogens (tertiary/aromatic N) is 2. The van der Waals surface area contributed by atoms with Crippen LogP contribution in [0, 0.1) is 6.07 Å². The van der Waals surface area contributed by atoms with Gasteiger partial charge in [-0.1, -0.05) is 19.8 Å². The molecule has 0 aliphatic carbocycles. The summed E-state index contributed by atoms with van der Waals surface area (Å²) < 4.78 is 1.81. The number of rotatable bonds is 2. The van der Waals surface area contributed by atoms with Gasteiger partial charge < -0.3 is 0 Å². The van der Waals surface area contributed by atoms with Crippen molar-refractivity contribution in [3.05, 3.63) is 48.3 Å². The van der Waals surface area contributed by atoms with Gasteiger partial charge in [0.05, 0.1) is 0 Å². The van der Waals surface area contributed by atoms with Gasteiger partial charge in [-0.25, -0.2) is 0 Å². The summed E-state index contributed by atoms with van der Waals surface area (Å²) in [6.45, 7) is 4.35. The molecule has 0 aliphatic rings. The van der Waals surface area contributed by atoms with E-state index in [1.165, 1.54) is 5.56 Å². The summed E-state index contributed by atoms with van der Waals surface area (Å²) in [5.41, 5.74) is 2.29. The average molecular weight is 380 g/mol. The molecule has 0 N–H and O–H groups in total. The van der Waals surface area contributed by atoms with Crippen LogP contribution in [0.1, 0.15) is 25.3 Å². The molecule has 0 bridgehead atoms. The molecule has 0 aliphatic heterocycles. The second-order valence-electron chi connectivity index (χ2n) is 3.61. The summed E-state index contributed by atoms with van der Waals surface area (Å²) in [4.78, 5) is 0. The largest absolute Gasteiger partial charge is 0.266 e. The molecular formula is C12H13N2Pt-. The summed E-state index contributed by atoms with van der Waals surface area (Å²) >= 11 is 0. The minimum absolute atomic E-state index is 0. The molecule has 1 aromatic heterocycles. The van der Waals surface area contributed by atoms with Crippen LogP contribution in [-0.2, 0) is 21.1 Å². The SMILES string of the molecule is CC(C)c1c[c-]c(-n2cccn2)cc1.[Pt]. The third kappa shape index (κ3) is 2.79. The Labute approximate surface area is 105 Å². The first-order chi connectivity index (χ1) is 6.77. The van der Waals surface area contributed by atoms with Crippen LogP contribution in [-0.4, -0.2) is 9.78 Å². The monoisotopic (exact) mass is 380 g/mol. The van der Waals surface area contributed by atoms with Crippen LogP contribution >= 0.6 is 0 Å². The predicted molar refractivity (Wildman–Crippen MR) is 56.5 cm³/mol. The minimum Gasteiger partial charge on any atom is -0.266 e. The standard InChI is InChI=1S/C12H13N2.Pt/c1-10(2)11-4-6-12(7-5-11)14-9-3-8-13-14;/h3-6,8-10H,1-2H3;/q-1;. The van der Waals surface area contributed by atoms with Gasteiger partial charge in [0.2, 0.25) is 0 Å². The van der Waals surface area contributed by atoms with E-state index in [1.807, 2.05) is 29.1 Å². The molecule has 0 spiro atoms. The molecule has 1 aromatic carbocycles. The van der Waals surface area contributed by atoms with Crippen LogP contribution in [0.3, 0.4) is 0 Å². The first kappa shape index (κ1) is 12.2. The number of aromatic nitrogens is 2. The zero-order valence-electron chi connectivity index (χ0n) is 8.75. The van der Waals surface area contributed by atoms with Gasteiger partial charge in [0.1, 0.15) is 0 Å². The molecule has 2 aromatic rings. The Kier molecular flexibility index (Phi) is 4.28. The minimum atomic E-state index is 0. The van der Waals surface area contributed by atoms with Gasteiger partial charge in [-0.2, -0.15) is 28.9 Å². The third-order valence-corrected chi connectivity index (χ3v) is 2.24. The Bertz CT molecular complexity index is 390. The first-order valence-electron chi connectivity index (χ1n) is 4.79. The smallest absolute Gasteiger partial charge is 0.0493 e. The Morgan fingerprint density at radius 3 is 2.60 bits per heavy atom. The summed E-state index contributed by atoms with van der Waals surface area (Å²) in [6.07, 6.45) is 3.69. The van der Waals surface area contributed by atoms with Crippen LogP contribution in [0.25, 0.3) is 5.69 Å². The van der Waals surface area contributed by atoms with E-state index < -0.39 is 0 Å². The quantitative estimate of drug-likeness (QED) is 0.733. The zero-order valence-corrected chi connectivity index (χ0v) is 11.0. The van der Waals surface area contributed by atoms with Crippen LogP contribution < -0.4 is 0 Å². The molecule has 2 nitrogen and oxygen atoms in total. The number of hydrogen-bond donors (Lipinski definition) is 0. The summed E-state index contributed by atoms with van der Waals surface area (Å²) in [6, 6.07) is 11.3. The van der Waals surface area contributed by atoms with Crippen molar-refractivity contribution >= 4 is 0 Å². The van der Waals surface area contributed by atoms with E-state index in [2.05, 4.69) is 31.1 Å². The van der Waals surface area contributed by atoms with Crippen molar-refractivity contribution < 1.29 is 21.1 Å². The maximum Gasteiger partial charge on any atom is 0.0493 e. The van der Waals surface area contributed by atoms with E-state index in [9.17, 15) is 0 Å². The fourth-order valence-corrected chi connectivity index (χ4v) is 1.34. The van der Waals surface area contributed by atoms with Crippen molar-refractivity contribution in [1.82, 2.24) is 9.78 Å². The van der Waals surface area contributed by atoms with E-state index in [4.69, 9.17) is 0 Å². The van der Waals surface area contributed by atoms with E-state index in [-0.39, 0.29) is 21.1 Å². The molecule has 15 heavy (non-hydrogen) atoms. The Hall–Kier alpha value is -0.882. The molecule has 0 saturated carbocycles. The van der Waals surface area contributed by atoms with E-state index >= 15 is 0 Å². The van der Waals surface area contributed by atoms with Crippen molar-refractivity contribution in [2.75, 3.05) is 0 Å². The second-order valence-corrected chi connectivity index (χ2v) is 3.61. The molecule has 0 unspecified atom stereocenters. The van der Waals surface area contributed by atoms with Crippen LogP contribution in [0.5, 0.6) is 0 Å². The van der Waals surface area contributed by atoms with Gasteiger partial charge in [0.15, 0.2) is 0 Å². The number of hydrogen-bond acceptors (Lipinski definition) is 1. The molecule has 2 rings (SSSR count). The Balaban J connectivity index is 0.00000112. The van der Waals surface area contributed by atoms with Crippen LogP contribution in [0.15, 0.2) is 36.7 Å². The first-order valence-corrected chi connectivity index (χ1v) is 4.79. The van der Waals surface area contributed by atoms with Gasteiger partial charge in [0.25, 0.3) is 0 Å². The zero-order chi connectivity index (χ0) is 9.97. The van der Waals surface area contributed by atoms with Crippen molar-refractivity contribution in [2.45, 2.75) is 19.8 Å². The normalized spacial score (nSPS) is 10.1.